The van der Waals surface area contributed by atoms with Crippen molar-refractivity contribution in [2.75, 3.05) is 18.0 Å². The fourth-order valence-electron chi connectivity index (χ4n) is 4.56. The topological polar surface area (TPSA) is 62.2 Å². The molecule has 8 heteroatoms. The summed E-state index contributed by atoms with van der Waals surface area (Å²) in [6.45, 7) is 14.3. The van der Waals surface area contributed by atoms with Crippen molar-refractivity contribution in [2.45, 2.75) is 51.4 Å². The van der Waals surface area contributed by atoms with E-state index in [0.29, 0.717) is 10.7 Å². The van der Waals surface area contributed by atoms with E-state index < -0.39 is 5.91 Å². The molecule has 3 heterocycles. The van der Waals surface area contributed by atoms with E-state index in [2.05, 4.69) is 50.1 Å². The van der Waals surface area contributed by atoms with Gasteiger partial charge in [-0.2, -0.15) is 0 Å². The zero-order valence-corrected chi connectivity index (χ0v) is 20.4. The largest absolute Gasteiger partial charge is 0.507 e. The predicted molar refractivity (Wildman–Crippen MR) is 132 cm³/mol. The number of anilines is 1. The normalized spacial score (nSPS) is 22.6. The van der Waals surface area contributed by atoms with Gasteiger partial charge in [-0.25, -0.2) is 0 Å². The summed E-state index contributed by atoms with van der Waals surface area (Å²) in [6, 6.07) is 2.10. The molecule has 0 radical (unpaired) electrons. The summed E-state index contributed by atoms with van der Waals surface area (Å²) in [6.07, 6.45) is 8.41. The fraction of sp³-hybridized carbons (Fsp3) is 0.417. The molecule has 3 aliphatic rings. The van der Waals surface area contributed by atoms with Gasteiger partial charge in [0.25, 0.3) is 5.91 Å². The van der Waals surface area contributed by atoms with Crippen molar-refractivity contribution in [3.63, 3.8) is 0 Å². The number of carbonyl (C=O) groups is 1. The van der Waals surface area contributed by atoms with Gasteiger partial charge in [-0.3, -0.25) is 4.79 Å². The molecule has 1 aromatic rings. The summed E-state index contributed by atoms with van der Waals surface area (Å²) in [5, 5.41) is 12.2. The number of nitrogens with zero attached hydrogens (tertiary/aromatic N) is 2. The molecule has 4 rings (SSSR count). The van der Waals surface area contributed by atoms with E-state index in [1.165, 1.54) is 11.3 Å². The van der Waals surface area contributed by atoms with Crippen LogP contribution < -0.4 is 4.90 Å². The molecular weight excluding hydrogens is 444 g/mol. The maximum Gasteiger partial charge on any atom is 0.293 e. The Bertz CT molecular complexity index is 1060. The van der Waals surface area contributed by atoms with Crippen molar-refractivity contribution in [3.05, 3.63) is 52.7 Å². The summed E-state index contributed by atoms with van der Waals surface area (Å²) in [5.41, 5.74) is 4.15. The number of allylic oxidation sites excluding steroid dienone is 2. The summed E-state index contributed by atoms with van der Waals surface area (Å²) >= 11 is 6.28. The van der Waals surface area contributed by atoms with Crippen LogP contribution in [0.15, 0.2) is 36.0 Å². The van der Waals surface area contributed by atoms with Gasteiger partial charge in [0.2, 0.25) is 0 Å². The standard InChI is InChI=1S/C24H28N2O4S2/c1-6-29-30-26-21(28)17(32-22(26)31)9-7-8-15-14-16-19-18(20(15)27)24(4,5)11-13-25(19)12-10-23(16,2)3/h6-9,14,27H,1,10-13H2,2-5H3. The quantitative estimate of drug-likeness (QED) is 0.204. The predicted octanol–water partition coefficient (Wildman–Crippen LogP) is 5.33. The maximum atomic E-state index is 12.5. The Morgan fingerprint density at radius 3 is 2.59 bits per heavy atom. The van der Waals surface area contributed by atoms with E-state index in [0.717, 1.165) is 60.1 Å². The second kappa shape index (κ2) is 8.24. The molecule has 32 heavy (non-hydrogen) atoms. The second-order valence-corrected chi connectivity index (χ2v) is 11.2. The lowest BCUT2D eigenvalue weighted by Gasteiger charge is -2.48. The van der Waals surface area contributed by atoms with Crippen LogP contribution in [0.1, 0.15) is 57.2 Å². The highest BCUT2D eigenvalue weighted by molar-refractivity contribution is 8.26. The molecule has 3 aliphatic heterocycles. The van der Waals surface area contributed by atoms with Gasteiger partial charge in [-0.15, -0.1) is 5.06 Å². The number of amides is 1. The maximum absolute atomic E-state index is 12.5. The molecule has 1 saturated heterocycles. The number of hydrogen-bond acceptors (Lipinski definition) is 7. The molecule has 1 amide bonds. The Morgan fingerprint density at radius 1 is 1.22 bits per heavy atom. The molecule has 0 saturated carbocycles. The van der Waals surface area contributed by atoms with Gasteiger partial charge in [0.15, 0.2) is 4.32 Å². The Kier molecular flexibility index (Phi) is 5.90. The highest BCUT2D eigenvalue weighted by atomic mass is 32.2. The number of hydroxylamine groups is 2. The number of benzene rings is 1. The summed E-state index contributed by atoms with van der Waals surface area (Å²) in [7, 11) is 0. The molecule has 0 spiro atoms. The van der Waals surface area contributed by atoms with Crippen molar-refractivity contribution >= 4 is 46.0 Å². The SMILES string of the molecule is C=COON1C(=O)C(=CC=Cc2cc3c4c(c2O)C(C)(C)CCN4CCC3(C)C)SC1=S. The zero-order valence-electron chi connectivity index (χ0n) is 18.8. The van der Waals surface area contributed by atoms with Crippen molar-refractivity contribution in [2.24, 2.45) is 0 Å². The van der Waals surface area contributed by atoms with Crippen LogP contribution in [-0.4, -0.2) is 33.5 Å². The van der Waals surface area contributed by atoms with Crippen molar-refractivity contribution in [3.8, 4) is 5.75 Å². The number of phenolic OH excluding ortho intramolecular Hbond substituents is 1. The van der Waals surface area contributed by atoms with Gasteiger partial charge in [-0.05, 0) is 53.6 Å². The summed E-state index contributed by atoms with van der Waals surface area (Å²) in [5.74, 6) is -0.0924. The lowest BCUT2D eigenvalue weighted by Crippen LogP contribution is -2.44. The summed E-state index contributed by atoms with van der Waals surface area (Å²) in [4.78, 5) is 24.7. The third kappa shape index (κ3) is 3.84. The number of rotatable bonds is 5. The van der Waals surface area contributed by atoms with Gasteiger partial charge in [-0.1, -0.05) is 63.2 Å². The third-order valence-electron chi connectivity index (χ3n) is 6.50. The Morgan fingerprint density at radius 2 is 1.91 bits per heavy atom. The van der Waals surface area contributed by atoms with Crippen LogP contribution in [0.4, 0.5) is 5.69 Å². The van der Waals surface area contributed by atoms with Crippen LogP contribution in [-0.2, 0) is 25.5 Å². The molecule has 170 valence electrons. The molecule has 0 aromatic heterocycles. The molecule has 0 aliphatic carbocycles. The highest BCUT2D eigenvalue weighted by Crippen LogP contribution is 2.53. The number of phenols is 1. The number of carbonyl (C=O) groups excluding carboxylic acids is 1. The first-order valence-corrected chi connectivity index (χ1v) is 11.8. The van der Waals surface area contributed by atoms with E-state index in [1.54, 1.807) is 12.2 Å². The average Bonchev–Trinajstić information content (AvgIpc) is 2.99. The Balaban J connectivity index is 1.71. The van der Waals surface area contributed by atoms with Gasteiger partial charge in [0, 0.05) is 29.9 Å². The van der Waals surface area contributed by atoms with Crippen molar-refractivity contribution in [1.82, 2.24) is 5.06 Å². The molecule has 0 atom stereocenters. The third-order valence-corrected chi connectivity index (χ3v) is 7.79. The smallest absolute Gasteiger partial charge is 0.293 e. The molecule has 1 fully saturated rings. The monoisotopic (exact) mass is 472 g/mol. The lowest BCUT2D eigenvalue weighted by atomic mass is 9.68. The molecular formula is C24H28N2O4S2. The lowest BCUT2D eigenvalue weighted by molar-refractivity contribution is -0.350. The minimum absolute atomic E-state index is 0.0230. The van der Waals surface area contributed by atoms with E-state index in [4.69, 9.17) is 17.2 Å². The fourth-order valence-corrected chi connectivity index (χ4v) is 5.65. The zero-order chi connectivity index (χ0) is 23.3. The number of hydrogen-bond donors (Lipinski definition) is 1. The van der Waals surface area contributed by atoms with E-state index in [9.17, 15) is 9.90 Å². The molecule has 1 N–H and O–H groups in total. The van der Waals surface area contributed by atoms with Crippen molar-refractivity contribution < 1.29 is 19.8 Å². The van der Waals surface area contributed by atoms with E-state index >= 15 is 0 Å². The summed E-state index contributed by atoms with van der Waals surface area (Å²) < 4.78 is 0.237. The van der Waals surface area contributed by atoms with E-state index in [-0.39, 0.29) is 15.2 Å². The average molecular weight is 473 g/mol. The number of thioether (sulfide) groups is 1. The van der Waals surface area contributed by atoms with Crippen LogP contribution in [0, 0.1) is 0 Å². The van der Waals surface area contributed by atoms with Gasteiger partial charge in [0.05, 0.1) is 4.91 Å². The second-order valence-electron chi connectivity index (χ2n) is 9.54. The first kappa shape index (κ1) is 22.9. The Labute approximate surface area is 198 Å². The van der Waals surface area contributed by atoms with E-state index in [1.807, 2.05) is 6.08 Å². The first-order valence-electron chi connectivity index (χ1n) is 10.6. The number of thiocarbonyl (C=S) groups is 1. The number of aromatic hydroxyl groups is 1. The highest BCUT2D eigenvalue weighted by Gasteiger charge is 2.42. The van der Waals surface area contributed by atoms with Crippen LogP contribution in [0.2, 0.25) is 0 Å². The Hall–Kier alpha value is -2.29. The van der Waals surface area contributed by atoms with Crippen LogP contribution in [0.25, 0.3) is 6.08 Å². The van der Waals surface area contributed by atoms with Crippen LogP contribution >= 0.6 is 24.0 Å². The molecule has 1 aromatic carbocycles. The van der Waals surface area contributed by atoms with Gasteiger partial charge >= 0.3 is 0 Å². The first-order chi connectivity index (χ1) is 15.1. The minimum atomic E-state index is -0.408. The van der Waals surface area contributed by atoms with Crippen molar-refractivity contribution in [1.29, 1.82) is 0 Å². The van der Waals surface area contributed by atoms with Gasteiger partial charge < -0.3 is 14.9 Å². The van der Waals surface area contributed by atoms with Crippen LogP contribution in [0.3, 0.4) is 0 Å². The van der Waals surface area contributed by atoms with Crippen LogP contribution in [0.5, 0.6) is 5.75 Å². The van der Waals surface area contributed by atoms with Gasteiger partial charge in [0.1, 0.15) is 12.0 Å². The minimum Gasteiger partial charge on any atom is -0.507 e. The molecule has 6 nitrogen and oxygen atoms in total. The molecule has 0 bridgehead atoms. The molecule has 0 unspecified atom stereocenters.